The van der Waals surface area contributed by atoms with Gasteiger partial charge in [-0.15, -0.1) is 0 Å². The van der Waals surface area contributed by atoms with Gasteiger partial charge in [-0.05, 0) is 74.8 Å². The summed E-state index contributed by atoms with van der Waals surface area (Å²) in [6.07, 6.45) is 6.11. The van der Waals surface area contributed by atoms with E-state index in [-0.39, 0.29) is 5.82 Å². The van der Waals surface area contributed by atoms with Gasteiger partial charge in [0.15, 0.2) is 0 Å². The predicted octanol–water partition coefficient (Wildman–Crippen LogP) is 3.63. The van der Waals surface area contributed by atoms with E-state index < -0.39 is 0 Å². The first-order valence-corrected chi connectivity index (χ1v) is 8.68. The van der Waals surface area contributed by atoms with Crippen LogP contribution in [0.5, 0.6) is 0 Å². The summed E-state index contributed by atoms with van der Waals surface area (Å²) in [5, 5.41) is 0. The summed E-state index contributed by atoms with van der Waals surface area (Å²) in [6.45, 7) is 6.01. The Morgan fingerprint density at radius 3 is 2.67 bits per heavy atom. The maximum Gasteiger partial charge on any atom is 0.123 e. The molecule has 1 aromatic carbocycles. The molecule has 1 aliphatic rings. The summed E-state index contributed by atoms with van der Waals surface area (Å²) in [5.41, 5.74) is 3.47. The molecule has 4 heteroatoms. The van der Waals surface area contributed by atoms with Crippen molar-refractivity contribution in [2.24, 2.45) is 0 Å². The number of likely N-dealkylation sites (tertiary alicyclic amines) is 1. The molecule has 2 heterocycles. The standard InChI is InChI=1S/C20H26FN3/c1-16-12-19(21)6-5-18(16)15-24(14-17-4-3-9-22-13-17)20-7-10-23(2)11-8-20/h3-6,9,12-13,20H,7-8,10-11,14-15H2,1-2H3. The van der Waals surface area contributed by atoms with Gasteiger partial charge in [0.05, 0.1) is 0 Å². The van der Waals surface area contributed by atoms with E-state index in [1.807, 2.05) is 31.5 Å². The molecule has 2 aromatic rings. The fourth-order valence-corrected chi connectivity index (χ4v) is 3.46. The van der Waals surface area contributed by atoms with Crippen LogP contribution in [0.15, 0.2) is 42.7 Å². The topological polar surface area (TPSA) is 19.4 Å². The molecule has 1 saturated heterocycles. The quantitative estimate of drug-likeness (QED) is 0.836. The Morgan fingerprint density at radius 1 is 1.21 bits per heavy atom. The number of aromatic nitrogens is 1. The largest absolute Gasteiger partial charge is 0.306 e. The Bertz CT molecular complexity index is 651. The van der Waals surface area contributed by atoms with Crippen LogP contribution in [0.1, 0.15) is 29.5 Å². The molecule has 0 amide bonds. The van der Waals surface area contributed by atoms with Crippen LogP contribution < -0.4 is 0 Å². The molecule has 3 rings (SSSR count). The zero-order valence-electron chi connectivity index (χ0n) is 14.6. The summed E-state index contributed by atoms with van der Waals surface area (Å²) >= 11 is 0. The highest BCUT2D eigenvalue weighted by molar-refractivity contribution is 5.26. The molecule has 0 spiro atoms. The lowest BCUT2D eigenvalue weighted by Crippen LogP contribution is -2.43. The number of nitrogens with zero attached hydrogens (tertiary/aromatic N) is 3. The molecule has 0 unspecified atom stereocenters. The SMILES string of the molecule is Cc1cc(F)ccc1CN(Cc1cccnc1)C1CCN(C)CC1. The minimum absolute atomic E-state index is 0.158. The highest BCUT2D eigenvalue weighted by atomic mass is 19.1. The molecule has 0 aliphatic carbocycles. The van der Waals surface area contributed by atoms with Crippen LogP contribution in [-0.4, -0.2) is 41.0 Å². The Balaban J connectivity index is 1.78. The van der Waals surface area contributed by atoms with Crippen molar-refractivity contribution in [1.82, 2.24) is 14.8 Å². The summed E-state index contributed by atoms with van der Waals surface area (Å²) in [5.74, 6) is -0.158. The van der Waals surface area contributed by atoms with Gasteiger partial charge < -0.3 is 4.90 Å². The Labute approximate surface area is 144 Å². The Morgan fingerprint density at radius 2 is 2.00 bits per heavy atom. The monoisotopic (exact) mass is 327 g/mol. The van der Waals surface area contributed by atoms with Gasteiger partial charge in [-0.25, -0.2) is 4.39 Å². The van der Waals surface area contributed by atoms with E-state index in [0.29, 0.717) is 6.04 Å². The van der Waals surface area contributed by atoms with Gasteiger partial charge in [-0.1, -0.05) is 12.1 Å². The van der Waals surface area contributed by atoms with Crippen LogP contribution in [0.2, 0.25) is 0 Å². The first kappa shape index (κ1) is 17.1. The summed E-state index contributed by atoms with van der Waals surface area (Å²) in [6, 6.07) is 9.81. The number of hydrogen-bond acceptors (Lipinski definition) is 3. The van der Waals surface area contributed by atoms with E-state index in [0.717, 1.165) is 31.7 Å². The van der Waals surface area contributed by atoms with Crippen LogP contribution in [0.3, 0.4) is 0 Å². The van der Waals surface area contributed by atoms with Gasteiger partial charge in [-0.2, -0.15) is 0 Å². The first-order valence-electron chi connectivity index (χ1n) is 8.68. The van der Waals surface area contributed by atoms with Gasteiger partial charge in [-0.3, -0.25) is 9.88 Å². The zero-order chi connectivity index (χ0) is 16.9. The third kappa shape index (κ3) is 4.40. The second kappa shape index (κ2) is 7.86. The van der Waals surface area contributed by atoms with Gasteiger partial charge in [0.2, 0.25) is 0 Å². The van der Waals surface area contributed by atoms with Crippen molar-refractivity contribution in [2.75, 3.05) is 20.1 Å². The highest BCUT2D eigenvalue weighted by Gasteiger charge is 2.24. The van der Waals surface area contributed by atoms with E-state index in [9.17, 15) is 4.39 Å². The van der Waals surface area contributed by atoms with Gasteiger partial charge in [0.25, 0.3) is 0 Å². The molecule has 24 heavy (non-hydrogen) atoms. The van der Waals surface area contributed by atoms with Gasteiger partial charge >= 0.3 is 0 Å². The third-order valence-electron chi connectivity index (χ3n) is 4.99. The first-order chi connectivity index (χ1) is 11.6. The fourth-order valence-electron chi connectivity index (χ4n) is 3.46. The van der Waals surface area contributed by atoms with Crippen molar-refractivity contribution < 1.29 is 4.39 Å². The average Bonchev–Trinajstić information content (AvgIpc) is 2.58. The number of halogens is 1. The number of pyridine rings is 1. The van der Waals surface area contributed by atoms with Gasteiger partial charge in [0.1, 0.15) is 5.82 Å². The molecule has 3 nitrogen and oxygen atoms in total. The highest BCUT2D eigenvalue weighted by Crippen LogP contribution is 2.22. The molecular formula is C20H26FN3. The van der Waals surface area contributed by atoms with Crippen molar-refractivity contribution in [3.63, 3.8) is 0 Å². The van der Waals surface area contributed by atoms with Crippen molar-refractivity contribution in [2.45, 2.75) is 38.9 Å². The van der Waals surface area contributed by atoms with E-state index in [1.165, 1.54) is 24.0 Å². The molecule has 0 N–H and O–H groups in total. The number of aryl methyl sites for hydroxylation is 1. The molecule has 0 saturated carbocycles. The molecular weight excluding hydrogens is 301 g/mol. The molecule has 0 atom stereocenters. The van der Waals surface area contributed by atoms with E-state index >= 15 is 0 Å². The molecule has 1 fully saturated rings. The van der Waals surface area contributed by atoms with Crippen molar-refractivity contribution in [3.05, 3.63) is 65.2 Å². The van der Waals surface area contributed by atoms with Crippen LogP contribution >= 0.6 is 0 Å². The van der Waals surface area contributed by atoms with Crippen molar-refractivity contribution in [3.8, 4) is 0 Å². The molecule has 1 aromatic heterocycles. The van der Waals surface area contributed by atoms with E-state index in [2.05, 4.69) is 27.9 Å². The number of benzene rings is 1. The molecule has 0 bridgehead atoms. The smallest absolute Gasteiger partial charge is 0.123 e. The van der Waals surface area contributed by atoms with E-state index in [1.54, 1.807) is 12.1 Å². The number of piperidine rings is 1. The van der Waals surface area contributed by atoms with Gasteiger partial charge in [0, 0.05) is 31.5 Å². The maximum atomic E-state index is 13.4. The lowest BCUT2D eigenvalue weighted by atomic mass is 10.0. The van der Waals surface area contributed by atoms with Crippen LogP contribution in [0.4, 0.5) is 4.39 Å². The average molecular weight is 327 g/mol. The minimum Gasteiger partial charge on any atom is -0.306 e. The summed E-state index contributed by atoms with van der Waals surface area (Å²) in [7, 11) is 2.19. The van der Waals surface area contributed by atoms with Crippen LogP contribution in [0.25, 0.3) is 0 Å². The second-order valence-electron chi connectivity index (χ2n) is 6.87. The van der Waals surface area contributed by atoms with Crippen molar-refractivity contribution >= 4 is 0 Å². The van der Waals surface area contributed by atoms with Crippen LogP contribution in [0, 0.1) is 12.7 Å². The van der Waals surface area contributed by atoms with E-state index in [4.69, 9.17) is 0 Å². The normalized spacial score (nSPS) is 16.7. The minimum atomic E-state index is -0.158. The molecule has 128 valence electrons. The number of rotatable bonds is 5. The lowest BCUT2D eigenvalue weighted by Gasteiger charge is -2.37. The van der Waals surface area contributed by atoms with Crippen LogP contribution in [-0.2, 0) is 13.1 Å². The predicted molar refractivity (Wildman–Crippen MR) is 95.1 cm³/mol. The number of hydrogen-bond donors (Lipinski definition) is 0. The van der Waals surface area contributed by atoms with Crippen molar-refractivity contribution in [1.29, 1.82) is 0 Å². The summed E-state index contributed by atoms with van der Waals surface area (Å²) in [4.78, 5) is 9.17. The zero-order valence-corrected chi connectivity index (χ0v) is 14.6. The molecule has 1 aliphatic heterocycles. The summed E-state index contributed by atoms with van der Waals surface area (Å²) < 4.78 is 13.4. The maximum absolute atomic E-state index is 13.4. The lowest BCUT2D eigenvalue weighted by molar-refractivity contribution is 0.108. The fraction of sp³-hybridized carbons (Fsp3) is 0.450. The second-order valence-corrected chi connectivity index (χ2v) is 6.87. The molecule has 0 radical (unpaired) electrons. The Hall–Kier alpha value is -1.78. The third-order valence-corrected chi connectivity index (χ3v) is 4.99. The Kier molecular flexibility index (Phi) is 5.59.